The number of rotatable bonds is 19. The fourth-order valence-electron chi connectivity index (χ4n) is 4.11. The molecule has 1 radical (unpaired) electrons. The summed E-state index contributed by atoms with van der Waals surface area (Å²) >= 11 is 0. The van der Waals surface area contributed by atoms with Crippen LogP contribution < -0.4 is 10.2 Å². The van der Waals surface area contributed by atoms with Gasteiger partial charge in [0.1, 0.15) is 5.75 Å². The quantitative estimate of drug-likeness (QED) is 0.211. The van der Waals surface area contributed by atoms with Crippen LogP contribution in [0.4, 0.5) is 0 Å². The molecule has 32 heavy (non-hydrogen) atoms. The van der Waals surface area contributed by atoms with E-state index in [-0.39, 0.29) is 0 Å². The first-order valence-corrected chi connectivity index (χ1v) is 12.7. The Bertz CT molecular complexity index is 741. The van der Waals surface area contributed by atoms with Gasteiger partial charge in [0.05, 0.1) is 6.61 Å². The summed E-state index contributed by atoms with van der Waals surface area (Å²) < 4.78 is 10.6. The molecule has 0 saturated carbocycles. The highest BCUT2D eigenvalue weighted by Crippen LogP contribution is 2.21. The summed E-state index contributed by atoms with van der Waals surface area (Å²) in [5.74, 6) is 0.875. The van der Waals surface area contributed by atoms with Crippen molar-refractivity contribution in [2.24, 2.45) is 0 Å². The maximum Gasteiger partial charge on any atom is 0.477 e. The molecule has 0 spiro atoms. The smallest absolute Gasteiger partial charge is 0.477 e. The minimum atomic E-state index is -1.17. The molecule has 0 aliphatic heterocycles. The first kappa shape index (κ1) is 26.8. The molecule has 0 aliphatic rings. The molecule has 0 aliphatic carbocycles. The second-order valence-corrected chi connectivity index (χ2v) is 8.81. The summed E-state index contributed by atoms with van der Waals surface area (Å²) in [6.07, 6.45) is 19.0. The topological polar surface area (TPSA) is 58.9 Å². The molecule has 175 valence electrons. The van der Waals surface area contributed by atoms with Gasteiger partial charge < -0.3 is 19.4 Å². The van der Waals surface area contributed by atoms with Crippen LogP contribution in [0.1, 0.15) is 96.8 Å². The Balaban J connectivity index is 1.50. The predicted octanol–water partition coefficient (Wildman–Crippen LogP) is 5.93. The number of hydrogen-bond acceptors (Lipinski definition) is 4. The molecular formula is C26H41B2O4. The highest BCUT2D eigenvalue weighted by atomic mass is 16.5. The van der Waals surface area contributed by atoms with Gasteiger partial charge in [-0.1, -0.05) is 115 Å². The van der Waals surface area contributed by atoms with E-state index < -0.39 is 7.12 Å². The molecule has 0 unspecified atom stereocenters. The maximum absolute atomic E-state index is 9.80. The van der Waals surface area contributed by atoms with Crippen LogP contribution in [0, 0.1) is 0 Å². The van der Waals surface area contributed by atoms with E-state index in [4.69, 9.17) is 14.3 Å². The van der Waals surface area contributed by atoms with E-state index in [1.165, 1.54) is 83.5 Å². The van der Waals surface area contributed by atoms with Crippen LogP contribution in [-0.2, 0) is 4.57 Å². The fraction of sp³-hybridized carbons (Fsp3) is 0.615. The van der Waals surface area contributed by atoms with Crippen LogP contribution >= 0.6 is 0 Å². The van der Waals surface area contributed by atoms with Gasteiger partial charge in [-0.3, -0.25) is 0 Å². The van der Waals surface area contributed by atoms with Crippen molar-refractivity contribution in [2.75, 3.05) is 6.61 Å². The zero-order chi connectivity index (χ0) is 22.9. The minimum absolute atomic E-state index is 0.503. The molecule has 0 aromatic heterocycles. The maximum atomic E-state index is 9.80. The zero-order valence-corrected chi connectivity index (χ0v) is 19.9. The van der Waals surface area contributed by atoms with Gasteiger partial charge in [-0.25, -0.2) is 0 Å². The van der Waals surface area contributed by atoms with E-state index >= 15 is 0 Å². The van der Waals surface area contributed by atoms with Crippen LogP contribution in [0.15, 0.2) is 36.4 Å². The molecule has 0 amide bonds. The van der Waals surface area contributed by atoms with Gasteiger partial charge >= 0.3 is 14.8 Å². The molecule has 0 saturated heterocycles. The lowest BCUT2D eigenvalue weighted by Crippen LogP contribution is -2.34. The Hall–Kier alpha value is -1.49. The molecule has 0 heterocycles. The Morgan fingerprint density at radius 1 is 0.719 bits per heavy atom. The SMILES string of the molecule is CCCCCCCCCCCCCCCCOc1ccc2cc(B(O)O[B]O)ccc2c1. The normalized spacial score (nSPS) is 11.1. The standard InChI is InChI=1S/C26H41B2O4/c1-2-3-4-5-6-7-8-9-10-11-12-13-14-15-20-31-26-19-17-23-21-25(28(30)32-27-29)18-16-24(23)22-26/h16-19,21-22,29-30H,2-15,20H2,1H3. The summed E-state index contributed by atoms with van der Waals surface area (Å²) in [5.41, 5.74) is 0.596. The van der Waals surface area contributed by atoms with Crippen LogP contribution in [-0.4, -0.2) is 31.5 Å². The van der Waals surface area contributed by atoms with Gasteiger partial charge in [-0.05, 0) is 34.8 Å². The molecule has 6 heteroatoms. The third kappa shape index (κ3) is 10.9. The van der Waals surface area contributed by atoms with E-state index in [0.29, 0.717) is 13.1 Å². The third-order valence-corrected chi connectivity index (χ3v) is 6.08. The number of hydrogen-bond donors (Lipinski definition) is 2. The predicted molar refractivity (Wildman–Crippen MR) is 136 cm³/mol. The van der Waals surface area contributed by atoms with Crippen LogP contribution in [0.2, 0.25) is 0 Å². The van der Waals surface area contributed by atoms with Crippen molar-refractivity contribution in [1.82, 2.24) is 0 Å². The van der Waals surface area contributed by atoms with E-state index in [2.05, 4.69) is 6.92 Å². The van der Waals surface area contributed by atoms with Gasteiger partial charge in [-0.15, -0.1) is 0 Å². The Morgan fingerprint density at radius 2 is 1.25 bits per heavy atom. The van der Waals surface area contributed by atoms with Gasteiger partial charge in [-0.2, -0.15) is 0 Å². The van der Waals surface area contributed by atoms with Crippen molar-refractivity contribution in [3.05, 3.63) is 36.4 Å². The van der Waals surface area contributed by atoms with E-state index in [1.807, 2.05) is 30.3 Å². The van der Waals surface area contributed by atoms with Crippen molar-refractivity contribution in [2.45, 2.75) is 96.8 Å². The summed E-state index contributed by atoms with van der Waals surface area (Å²) in [7, 11) is -0.663. The molecule has 0 atom stereocenters. The van der Waals surface area contributed by atoms with Crippen LogP contribution in [0.25, 0.3) is 10.8 Å². The largest absolute Gasteiger partial charge is 0.494 e. The highest BCUT2D eigenvalue weighted by molar-refractivity contribution is 6.64. The second kappa shape index (κ2) is 17.0. The Kier molecular flexibility index (Phi) is 14.3. The number of ether oxygens (including phenoxy) is 1. The van der Waals surface area contributed by atoms with Gasteiger partial charge in [0, 0.05) is 0 Å². The lowest BCUT2D eigenvalue weighted by atomic mass is 9.77. The monoisotopic (exact) mass is 439 g/mol. The molecule has 0 fully saturated rings. The molecular weight excluding hydrogens is 398 g/mol. The average molecular weight is 439 g/mol. The summed E-state index contributed by atoms with van der Waals surface area (Å²) in [6, 6.07) is 11.5. The van der Waals surface area contributed by atoms with Crippen molar-refractivity contribution in [3.8, 4) is 5.75 Å². The van der Waals surface area contributed by atoms with Crippen molar-refractivity contribution < 1.29 is 19.4 Å². The number of benzene rings is 2. The summed E-state index contributed by atoms with van der Waals surface area (Å²) in [6.45, 7) is 3.03. The molecule has 2 rings (SSSR count). The lowest BCUT2D eigenvalue weighted by Gasteiger charge is -2.09. The molecule has 2 aromatic carbocycles. The van der Waals surface area contributed by atoms with Crippen LogP contribution in [0.3, 0.4) is 0 Å². The van der Waals surface area contributed by atoms with E-state index in [9.17, 15) is 5.02 Å². The summed E-state index contributed by atoms with van der Waals surface area (Å²) in [4.78, 5) is 0. The van der Waals surface area contributed by atoms with Crippen molar-refractivity contribution >= 4 is 31.0 Å². The summed E-state index contributed by atoms with van der Waals surface area (Å²) in [5, 5.41) is 20.5. The zero-order valence-electron chi connectivity index (χ0n) is 19.9. The molecule has 4 nitrogen and oxygen atoms in total. The number of fused-ring (bicyclic) bond motifs is 1. The average Bonchev–Trinajstić information content (AvgIpc) is 2.81. The minimum Gasteiger partial charge on any atom is -0.494 e. The lowest BCUT2D eigenvalue weighted by molar-refractivity contribution is 0.304. The van der Waals surface area contributed by atoms with Crippen molar-refractivity contribution in [3.63, 3.8) is 0 Å². The molecule has 0 bridgehead atoms. The molecule has 2 N–H and O–H groups in total. The van der Waals surface area contributed by atoms with Gasteiger partial charge in [0.25, 0.3) is 0 Å². The second-order valence-electron chi connectivity index (χ2n) is 8.81. The molecule has 2 aromatic rings. The van der Waals surface area contributed by atoms with Crippen LogP contribution in [0.5, 0.6) is 5.75 Å². The van der Waals surface area contributed by atoms with Crippen molar-refractivity contribution in [1.29, 1.82) is 0 Å². The van der Waals surface area contributed by atoms with E-state index in [0.717, 1.165) is 29.5 Å². The third-order valence-electron chi connectivity index (χ3n) is 6.08. The fourth-order valence-corrected chi connectivity index (χ4v) is 4.11. The van der Waals surface area contributed by atoms with Gasteiger partial charge in [0.2, 0.25) is 0 Å². The first-order chi connectivity index (χ1) is 15.7. The first-order valence-electron chi connectivity index (χ1n) is 12.7. The Labute approximate surface area is 196 Å². The number of unbranched alkanes of at least 4 members (excludes halogenated alkanes) is 13. The Morgan fingerprint density at radius 3 is 1.84 bits per heavy atom. The van der Waals surface area contributed by atoms with Gasteiger partial charge in [0.15, 0.2) is 0 Å². The van der Waals surface area contributed by atoms with E-state index in [1.54, 1.807) is 6.07 Å². The highest BCUT2D eigenvalue weighted by Gasteiger charge is 2.16.